The monoisotopic (exact) mass is 514 g/mol. The standard InChI is InChI=1S/C30H38N6O2/c1-20-3-4-22(30(37)34-24-5-6-24)13-28(20)23-15-32-36(18-23)27-14-26(16-31-17-27)33-25-7-10-35(11-8-25)29-9-12-38-19-21(29)2/h3-4,13-18,21,24-25,29,33H,5-12,19H2,1-2H3,(H,34,37). The van der Waals surface area contributed by atoms with E-state index >= 15 is 0 Å². The Balaban J connectivity index is 1.11. The second-order valence-electron chi connectivity index (χ2n) is 11.2. The number of carbonyl (C=O) groups is 1. The molecule has 2 aromatic heterocycles. The topological polar surface area (TPSA) is 84.3 Å². The first-order valence-corrected chi connectivity index (χ1v) is 14.0. The highest BCUT2D eigenvalue weighted by Crippen LogP contribution is 2.28. The fraction of sp³-hybridized carbons (Fsp3) is 0.500. The average molecular weight is 515 g/mol. The van der Waals surface area contributed by atoms with Gasteiger partial charge in [0.15, 0.2) is 0 Å². The van der Waals surface area contributed by atoms with Crippen LogP contribution in [0.25, 0.3) is 16.8 Å². The van der Waals surface area contributed by atoms with Crippen molar-refractivity contribution in [1.82, 2.24) is 25.0 Å². The number of likely N-dealkylation sites (tertiary alicyclic amines) is 1. The van der Waals surface area contributed by atoms with Crippen LogP contribution in [0.2, 0.25) is 0 Å². The van der Waals surface area contributed by atoms with Crippen LogP contribution in [0.15, 0.2) is 49.1 Å². The van der Waals surface area contributed by atoms with Gasteiger partial charge in [-0.3, -0.25) is 14.7 Å². The van der Waals surface area contributed by atoms with Crippen molar-refractivity contribution in [2.75, 3.05) is 31.6 Å². The molecule has 3 aromatic rings. The van der Waals surface area contributed by atoms with Gasteiger partial charge in [0.2, 0.25) is 0 Å². The zero-order chi connectivity index (χ0) is 26.1. The third-order valence-corrected chi connectivity index (χ3v) is 8.26. The Hall–Kier alpha value is -3.23. The lowest BCUT2D eigenvalue weighted by Gasteiger charge is -2.42. The predicted molar refractivity (Wildman–Crippen MR) is 149 cm³/mol. The van der Waals surface area contributed by atoms with Crippen molar-refractivity contribution in [3.63, 3.8) is 0 Å². The number of pyridine rings is 1. The maximum atomic E-state index is 12.6. The third-order valence-electron chi connectivity index (χ3n) is 8.26. The molecule has 1 amide bonds. The summed E-state index contributed by atoms with van der Waals surface area (Å²) in [5, 5.41) is 11.4. The summed E-state index contributed by atoms with van der Waals surface area (Å²) >= 11 is 0. The third kappa shape index (κ3) is 5.61. The van der Waals surface area contributed by atoms with E-state index in [9.17, 15) is 4.79 Å². The number of carbonyl (C=O) groups excluding carboxylic acids is 1. The quantitative estimate of drug-likeness (QED) is 0.485. The predicted octanol–water partition coefficient (Wildman–Crippen LogP) is 4.44. The van der Waals surface area contributed by atoms with Crippen LogP contribution in [0.5, 0.6) is 0 Å². The molecule has 2 atom stereocenters. The van der Waals surface area contributed by atoms with Gasteiger partial charge in [-0.05, 0) is 74.3 Å². The van der Waals surface area contributed by atoms with Gasteiger partial charge in [-0.2, -0.15) is 5.10 Å². The molecule has 1 saturated carbocycles. The summed E-state index contributed by atoms with van der Waals surface area (Å²) in [6.07, 6.45) is 13.2. The SMILES string of the molecule is Cc1ccc(C(=O)NC2CC2)cc1-c1cnn(-c2cncc(NC3CCN(C4CCOCC4C)CC3)c2)c1. The lowest BCUT2D eigenvalue weighted by Crippen LogP contribution is -2.49. The number of hydrogen-bond donors (Lipinski definition) is 2. The summed E-state index contributed by atoms with van der Waals surface area (Å²) in [7, 11) is 0. The Morgan fingerprint density at radius 1 is 1.03 bits per heavy atom. The molecule has 0 spiro atoms. The van der Waals surface area contributed by atoms with Crippen LogP contribution in [0.1, 0.15) is 54.9 Å². The van der Waals surface area contributed by atoms with Crippen LogP contribution in [-0.2, 0) is 4.74 Å². The first-order valence-electron chi connectivity index (χ1n) is 14.0. The molecule has 4 heterocycles. The number of benzene rings is 1. The van der Waals surface area contributed by atoms with Gasteiger partial charge in [0.05, 0.1) is 36.6 Å². The molecule has 8 nitrogen and oxygen atoms in total. The number of hydrogen-bond acceptors (Lipinski definition) is 6. The number of anilines is 1. The van der Waals surface area contributed by atoms with Gasteiger partial charge < -0.3 is 15.4 Å². The summed E-state index contributed by atoms with van der Waals surface area (Å²) in [6.45, 7) is 8.41. The molecule has 0 radical (unpaired) electrons. The second kappa shape index (κ2) is 10.9. The number of nitrogens with one attached hydrogen (secondary N) is 2. The Morgan fingerprint density at radius 2 is 1.87 bits per heavy atom. The van der Waals surface area contributed by atoms with Gasteiger partial charge in [0, 0.05) is 55.1 Å². The summed E-state index contributed by atoms with van der Waals surface area (Å²) in [6, 6.07) is 9.43. The average Bonchev–Trinajstić information content (AvgIpc) is 3.61. The molecular weight excluding hydrogens is 476 g/mol. The van der Waals surface area contributed by atoms with Crippen molar-refractivity contribution in [2.24, 2.45) is 5.92 Å². The van der Waals surface area contributed by atoms with Gasteiger partial charge in [-0.15, -0.1) is 0 Å². The number of rotatable bonds is 7. The second-order valence-corrected chi connectivity index (χ2v) is 11.2. The molecule has 38 heavy (non-hydrogen) atoms. The van der Waals surface area contributed by atoms with E-state index in [0.29, 0.717) is 29.6 Å². The minimum absolute atomic E-state index is 0.00257. The summed E-state index contributed by atoms with van der Waals surface area (Å²) in [5.74, 6) is 0.608. The number of piperidine rings is 1. The van der Waals surface area contributed by atoms with E-state index in [2.05, 4.69) is 45.5 Å². The zero-order valence-electron chi connectivity index (χ0n) is 22.4. The molecule has 2 saturated heterocycles. The number of amides is 1. The number of aryl methyl sites for hydroxylation is 1. The maximum Gasteiger partial charge on any atom is 0.251 e. The number of aromatic nitrogens is 3. The van der Waals surface area contributed by atoms with Crippen LogP contribution in [0.4, 0.5) is 5.69 Å². The molecule has 8 heteroatoms. The summed E-state index contributed by atoms with van der Waals surface area (Å²) in [4.78, 5) is 19.7. The van der Waals surface area contributed by atoms with E-state index < -0.39 is 0 Å². The molecule has 2 N–H and O–H groups in total. The van der Waals surface area contributed by atoms with E-state index in [1.54, 1.807) is 0 Å². The molecule has 3 fully saturated rings. The number of nitrogens with zero attached hydrogens (tertiary/aromatic N) is 4. The van der Waals surface area contributed by atoms with E-state index in [0.717, 1.165) is 86.5 Å². The first kappa shape index (κ1) is 25.1. The molecule has 200 valence electrons. The van der Waals surface area contributed by atoms with Crippen molar-refractivity contribution in [3.8, 4) is 16.8 Å². The Kier molecular flexibility index (Phi) is 7.17. The lowest BCUT2D eigenvalue weighted by molar-refractivity contribution is -0.0124. The zero-order valence-corrected chi connectivity index (χ0v) is 22.4. The normalized spacial score (nSPS) is 22.8. The number of ether oxygens (including phenoxy) is 1. The van der Waals surface area contributed by atoms with Crippen LogP contribution in [-0.4, -0.2) is 70.0 Å². The molecule has 2 aliphatic heterocycles. The van der Waals surface area contributed by atoms with E-state index in [1.807, 2.05) is 47.7 Å². The van der Waals surface area contributed by atoms with Gasteiger partial charge in [0.1, 0.15) is 0 Å². The van der Waals surface area contributed by atoms with Gasteiger partial charge in [-0.25, -0.2) is 4.68 Å². The molecule has 0 bridgehead atoms. The Morgan fingerprint density at radius 3 is 2.66 bits per heavy atom. The molecule has 2 unspecified atom stereocenters. The van der Waals surface area contributed by atoms with Crippen LogP contribution in [0, 0.1) is 12.8 Å². The molecule has 6 rings (SSSR count). The smallest absolute Gasteiger partial charge is 0.251 e. The van der Waals surface area contributed by atoms with Crippen LogP contribution >= 0.6 is 0 Å². The van der Waals surface area contributed by atoms with Crippen molar-refractivity contribution in [2.45, 2.75) is 64.1 Å². The summed E-state index contributed by atoms with van der Waals surface area (Å²) in [5.41, 5.74) is 5.74. The molecule has 1 aromatic carbocycles. The van der Waals surface area contributed by atoms with Crippen LogP contribution in [0.3, 0.4) is 0 Å². The van der Waals surface area contributed by atoms with Crippen molar-refractivity contribution >= 4 is 11.6 Å². The fourth-order valence-electron chi connectivity index (χ4n) is 5.83. The fourth-order valence-corrected chi connectivity index (χ4v) is 5.83. The highest BCUT2D eigenvalue weighted by molar-refractivity contribution is 5.96. The van der Waals surface area contributed by atoms with Gasteiger partial charge in [0.25, 0.3) is 5.91 Å². The van der Waals surface area contributed by atoms with Gasteiger partial charge >= 0.3 is 0 Å². The Labute approximate surface area is 224 Å². The van der Waals surface area contributed by atoms with E-state index in [4.69, 9.17) is 4.74 Å². The summed E-state index contributed by atoms with van der Waals surface area (Å²) < 4.78 is 7.50. The largest absolute Gasteiger partial charge is 0.381 e. The highest BCUT2D eigenvalue weighted by Gasteiger charge is 2.30. The van der Waals surface area contributed by atoms with E-state index in [-0.39, 0.29) is 5.91 Å². The van der Waals surface area contributed by atoms with Gasteiger partial charge in [-0.1, -0.05) is 13.0 Å². The first-order chi connectivity index (χ1) is 18.5. The van der Waals surface area contributed by atoms with Crippen molar-refractivity contribution in [1.29, 1.82) is 0 Å². The minimum Gasteiger partial charge on any atom is -0.381 e. The molecule has 1 aliphatic carbocycles. The van der Waals surface area contributed by atoms with Crippen molar-refractivity contribution in [3.05, 3.63) is 60.2 Å². The molecular formula is C30H38N6O2. The van der Waals surface area contributed by atoms with Crippen molar-refractivity contribution < 1.29 is 9.53 Å². The van der Waals surface area contributed by atoms with E-state index in [1.165, 1.54) is 0 Å². The lowest BCUT2D eigenvalue weighted by atomic mass is 9.93. The maximum absolute atomic E-state index is 12.6. The highest BCUT2D eigenvalue weighted by atomic mass is 16.5. The minimum atomic E-state index is -0.00257. The Bertz CT molecular complexity index is 1280. The van der Waals surface area contributed by atoms with Crippen LogP contribution < -0.4 is 10.6 Å². The molecule has 3 aliphatic rings.